The lowest BCUT2D eigenvalue weighted by Crippen LogP contribution is -2.22. The van der Waals surface area contributed by atoms with Gasteiger partial charge in [0.15, 0.2) is 13.2 Å². The van der Waals surface area contributed by atoms with Crippen molar-refractivity contribution in [3.8, 4) is 11.5 Å². The zero-order chi connectivity index (χ0) is 28.1. The van der Waals surface area contributed by atoms with Crippen molar-refractivity contribution < 1.29 is 19.1 Å². The van der Waals surface area contributed by atoms with Crippen LogP contribution in [0, 0.1) is 0 Å². The molecule has 3 aromatic carbocycles. The van der Waals surface area contributed by atoms with Crippen molar-refractivity contribution >= 4 is 55.0 Å². The van der Waals surface area contributed by atoms with Crippen molar-refractivity contribution in [2.45, 2.75) is 52.4 Å². The molecule has 3 aromatic rings. The molecule has 0 unspecified atom stereocenters. The van der Waals surface area contributed by atoms with Crippen molar-refractivity contribution in [1.82, 2.24) is 0 Å². The molecule has 0 heterocycles. The molecule has 0 atom stereocenters. The molecule has 8 heteroatoms. The molecule has 2 N–H and O–H groups in total. The first-order valence-electron chi connectivity index (χ1n) is 12.3. The SMILES string of the molecule is CC(C)(C)c1cc(Br)ccc1OCC(=O)Nc1ccc(NC(=O)COc2ccc(Br)cc2C(C)(C)C)cc1. The van der Waals surface area contributed by atoms with Gasteiger partial charge in [0.25, 0.3) is 11.8 Å². The van der Waals surface area contributed by atoms with Crippen molar-refractivity contribution in [1.29, 1.82) is 0 Å². The summed E-state index contributed by atoms with van der Waals surface area (Å²) in [5.74, 6) is 0.798. The van der Waals surface area contributed by atoms with E-state index in [4.69, 9.17) is 9.47 Å². The van der Waals surface area contributed by atoms with Crippen LogP contribution in [0.2, 0.25) is 0 Å². The number of carbonyl (C=O) groups excluding carboxylic acids is 2. The quantitative estimate of drug-likeness (QED) is 0.262. The molecule has 0 aliphatic rings. The highest BCUT2D eigenvalue weighted by molar-refractivity contribution is 9.10. The summed E-state index contributed by atoms with van der Waals surface area (Å²) < 4.78 is 13.6. The van der Waals surface area contributed by atoms with E-state index in [1.807, 2.05) is 36.4 Å². The summed E-state index contributed by atoms with van der Waals surface area (Å²) in [6.07, 6.45) is 0. The van der Waals surface area contributed by atoms with Gasteiger partial charge in [0.1, 0.15) is 11.5 Å². The third-order valence-corrected chi connectivity index (χ3v) is 6.66. The van der Waals surface area contributed by atoms with Crippen LogP contribution in [-0.2, 0) is 20.4 Å². The van der Waals surface area contributed by atoms with Crippen LogP contribution in [0.3, 0.4) is 0 Å². The van der Waals surface area contributed by atoms with Crippen LogP contribution in [0.15, 0.2) is 69.6 Å². The molecule has 3 rings (SSSR count). The Balaban J connectivity index is 1.52. The Hall–Kier alpha value is -2.84. The first kappa shape index (κ1) is 29.7. The van der Waals surface area contributed by atoms with Crippen LogP contribution in [-0.4, -0.2) is 25.0 Å². The van der Waals surface area contributed by atoms with Crippen LogP contribution in [0.1, 0.15) is 52.7 Å². The van der Waals surface area contributed by atoms with Gasteiger partial charge in [-0.2, -0.15) is 0 Å². The summed E-state index contributed by atoms with van der Waals surface area (Å²) in [5.41, 5.74) is 2.97. The summed E-state index contributed by atoms with van der Waals surface area (Å²) >= 11 is 6.99. The third kappa shape index (κ3) is 8.60. The van der Waals surface area contributed by atoms with Crippen molar-refractivity contribution in [2.75, 3.05) is 23.8 Å². The molecule has 0 saturated heterocycles. The van der Waals surface area contributed by atoms with Crippen LogP contribution in [0.25, 0.3) is 0 Å². The molecular formula is C30H34Br2N2O4. The van der Waals surface area contributed by atoms with E-state index in [2.05, 4.69) is 84.0 Å². The van der Waals surface area contributed by atoms with Gasteiger partial charge in [0.2, 0.25) is 0 Å². The second kappa shape index (κ2) is 12.3. The molecule has 0 spiro atoms. The fourth-order valence-corrected chi connectivity index (χ4v) is 4.47. The number of hydrogen-bond acceptors (Lipinski definition) is 4. The van der Waals surface area contributed by atoms with Crippen LogP contribution < -0.4 is 20.1 Å². The second-order valence-corrected chi connectivity index (χ2v) is 12.9. The highest BCUT2D eigenvalue weighted by Crippen LogP contribution is 2.34. The van der Waals surface area contributed by atoms with E-state index in [0.29, 0.717) is 22.9 Å². The van der Waals surface area contributed by atoms with E-state index in [0.717, 1.165) is 20.1 Å². The predicted octanol–water partition coefficient (Wildman–Crippen LogP) is 7.84. The van der Waals surface area contributed by atoms with Crippen molar-refractivity contribution in [3.63, 3.8) is 0 Å². The van der Waals surface area contributed by atoms with E-state index < -0.39 is 0 Å². The Morgan fingerprint density at radius 2 is 0.974 bits per heavy atom. The minimum Gasteiger partial charge on any atom is -0.483 e. The van der Waals surface area contributed by atoms with E-state index in [1.165, 1.54) is 0 Å². The van der Waals surface area contributed by atoms with Gasteiger partial charge in [-0.05, 0) is 71.5 Å². The molecule has 202 valence electrons. The summed E-state index contributed by atoms with van der Waals surface area (Å²) in [6.45, 7) is 12.3. The number of carbonyl (C=O) groups is 2. The minimum absolute atomic E-state index is 0.118. The number of hydrogen-bond donors (Lipinski definition) is 2. The summed E-state index contributed by atoms with van der Waals surface area (Å²) in [7, 11) is 0. The largest absolute Gasteiger partial charge is 0.483 e. The van der Waals surface area contributed by atoms with Gasteiger partial charge in [-0.25, -0.2) is 0 Å². The standard InChI is InChI=1S/C30H34Br2N2O4/c1-29(2,3)23-15-19(31)7-13-25(23)37-17-27(35)33-21-9-11-22(12-10-21)34-28(36)18-38-26-14-8-20(32)16-24(26)30(4,5)6/h7-16H,17-18H2,1-6H3,(H,33,35)(H,34,36). The molecule has 0 radical (unpaired) electrons. The molecule has 0 aliphatic carbocycles. The van der Waals surface area contributed by atoms with E-state index in [-0.39, 0.29) is 35.9 Å². The lowest BCUT2D eigenvalue weighted by atomic mass is 9.86. The zero-order valence-corrected chi connectivity index (χ0v) is 25.7. The Labute approximate surface area is 241 Å². The van der Waals surface area contributed by atoms with Crippen molar-refractivity contribution in [2.24, 2.45) is 0 Å². The minimum atomic E-state index is -0.276. The number of halogens is 2. The van der Waals surface area contributed by atoms with E-state index in [9.17, 15) is 9.59 Å². The smallest absolute Gasteiger partial charge is 0.262 e. The van der Waals surface area contributed by atoms with Crippen LogP contribution in [0.5, 0.6) is 11.5 Å². The van der Waals surface area contributed by atoms with Gasteiger partial charge in [0, 0.05) is 31.4 Å². The number of rotatable bonds is 8. The van der Waals surface area contributed by atoms with Crippen LogP contribution >= 0.6 is 31.9 Å². The summed E-state index contributed by atoms with van der Waals surface area (Å²) in [6, 6.07) is 18.4. The molecular weight excluding hydrogens is 612 g/mol. The maximum absolute atomic E-state index is 12.5. The monoisotopic (exact) mass is 644 g/mol. The predicted molar refractivity (Wildman–Crippen MR) is 160 cm³/mol. The summed E-state index contributed by atoms with van der Waals surface area (Å²) in [4.78, 5) is 25.0. The van der Waals surface area contributed by atoms with Gasteiger partial charge < -0.3 is 20.1 Å². The van der Waals surface area contributed by atoms with E-state index >= 15 is 0 Å². The fourth-order valence-electron chi connectivity index (χ4n) is 3.75. The topological polar surface area (TPSA) is 76.7 Å². The lowest BCUT2D eigenvalue weighted by Gasteiger charge is -2.23. The maximum atomic E-state index is 12.5. The van der Waals surface area contributed by atoms with Crippen LogP contribution in [0.4, 0.5) is 11.4 Å². The van der Waals surface area contributed by atoms with Crippen molar-refractivity contribution in [3.05, 3.63) is 80.7 Å². The number of benzene rings is 3. The van der Waals surface area contributed by atoms with Gasteiger partial charge in [-0.1, -0.05) is 73.4 Å². The molecule has 2 amide bonds. The van der Waals surface area contributed by atoms with Gasteiger partial charge in [-0.15, -0.1) is 0 Å². The molecule has 0 fully saturated rings. The zero-order valence-electron chi connectivity index (χ0n) is 22.6. The highest BCUT2D eigenvalue weighted by Gasteiger charge is 2.21. The Bertz CT molecular complexity index is 1190. The van der Waals surface area contributed by atoms with E-state index in [1.54, 1.807) is 24.3 Å². The first-order chi connectivity index (χ1) is 17.7. The van der Waals surface area contributed by atoms with Gasteiger partial charge in [0.05, 0.1) is 0 Å². The third-order valence-electron chi connectivity index (χ3n) is 5.67. The Morgan fingerprint density at radius 3 is 1.29 bits per heavy atom. The van der Waals surface area contributed by atoms with Gasteiger partial charge in [-0.3, -0.25) is 9.59 Å². The van der Waals surface area contributed by atoms with Gasteiger partial charge >= 0.3 is 0 Å². The number of amides is 2. The molecule has 6 nitrogen and oxygen atoms in total. The lowest BCUT2D eigenvalue weighted by molar-refractivity contribution is -0.118. The highest BCUT2D eigenvalue weighted by atomic mass is 79.9. The maximum Gasteiger partial charge on any atom is 0.262 e. The molecule has 0 aromatic heterocycles. The average molecular weight is 646 g/mol. The average Bonchev–Trinajstić information content (AvgIpc) is 2.82. The normalized spacial score (nSPS) is 11.6. The molecule has 0 bridgehead atoms. The Kier molecular flexibility index (Phi) is 9.65. The number of anilines is 2. The molecule has 0 aliphatic heterocycles. The molecule has 38 heavy (non-hydrogen) atoms. The fraction of sp³-hybridized carbons (Fsp3) is 0.333. The Morgan fingerprint density at radius 1 is 0.632 bits per heavy atom. The first-order valence-corrected chi connectivity index (χ1v) is 13.9. The molecule has 0 saturated carbocycles. The number of nitrogens with one attached hydrogen (secondary N) is 2. The number of ether oxygens (including phenoxy) is 2. The summed E-state index contributed by atoms with van der Waals surface area (Å²) in [5, 5.41) is 5.64. The second-order valence-electron chi connectivity index (χ2n) is 11.0.